The fourth-order valence-corrected chi connectivity index (χ4v) is 2.03. The van der Waals surface area contributed by atoms with Crippen molar-refractivity contribution in [1.29, 1.82) is 0 Å². The zero-order valence-electron chi connectivity index (χ0n) is 12.1. The third-order valence-corrected chi connectivity index (χ3v) is 3.31. The smallest absolute Gasteiger partial charge is 0.287 e. The van der Waals surface area contributed by atoms with Crippen molar-refractivity contribution in [2.45, 2.75) is 0 Å². The Morgan fingerprint density at radius 1 is 1.25 bits per heavy atom. The Bertz CT molecular complexity index is 779. The molecular formula is C15H11Cl2N3O4. The van der Waals surface area contributed by atoms with Crippen LogP contribution >= 0.6 is 23.2 Å². The molecule has 2 rings (SSSR count). The predicted molar refractivity (Wildman–Crippen MR) is 90.8 cm³/mol. The quantitative estimate of drug-likeness (QED) is 0.480. The largest absolute Gasteiger partial charge is 0.484 e. The summed E-state index contributed by atoms with van der Waals surface area (Å²) in [6.45, 7) is -0.222. The second kappa shape index (κ2) is 8.28. The number of rotatable bonds is 6. The van der Waals surface area contributed by atoms with E-state index >= 15 is 0 Å². The fourth-order valence-electron chi connectivity index (χ4n) is 1.64. The van der Waals surface area contributed by atoms with E-state index in [-0.39, 0.29) is 17.3 Å². The first-order valence-corrected chi connectivity index (χ1v) is 7.35. The lowest BCUT2D eigenvalue weighted by atomic mass is 10.2. The summed E-state index contributed by atoms with van der Waals surface area (Å²) in [5.41, 5.74) is 2.58. The lowest BCUT2D eigenvalue weighted by Crippen LogP contribution is -2.24. The van der Waals surface area contributed by atoms with Crippen molar-refractivity contribution in [2.75, 3.05) is 6.61 Å². The Hall–Kier alpha value is -2.64. The highest BCUT2D eigenvalue weighted by atomic mass is 35.5. The first kappa shape index (κ1) is 17.7. The number of nitro benzene ring substituents is 1. The van der Waals surface area contributed by atoms with Gasteiger partial charge in [-0.15, -0.1) is 0 Å². The molecule has 2 aromatic rings. The van der Waals surface area contributed by atoms with Gasteiger partial charge in [0.25, 0.3) is 11.6 Å². The van der Waals surface area contributed by atoms with Gasteiger partial charge in [-0.1, -0.05) is 23.2 Å². The summed E-state index contributed by atoms with van der Waals surface area (Å²) in [6, 6.07) is 10.7. The molecule has 0 heterocycles. The van der Waals surface area contributed by atoms with Gasteiger partial charge < -0.3 is 4.74 Å². The zero-order chi connectivity index (χ0) is 17.5. The molecule has 2 aromatic carbocycles. The molecule has 0 saturated carbocycles. The van der Waals surface area contributed by atoms with Crippen molar-refractivity contribution in [3.63, 3.8) is 0 Å². The molecule has 124 valence electrons. The number of nitrogens with zero attached hydrogens (tertiary/aromatic N) is 2. The van der Waals surface area contributed by atoms with Crippen molar-refractivity contribution in [3.05, 3.63) is 68.2 Å². The minimum Gasteiger partial charge on any atom is -0.484 e. The molecule has 0 bridgehead atoms. The first-order chi connectivity index (χ1) is 11.5. The monoisotopic (exact) mass is 367 g/mol. The third kappa shape index (κ3) is 5.22. The van der Waals surface area contributed by atoms with E-state index in [1.807, 2.05) is 0 Å². The lowest BCUT2D eigenvalue weighted by molar-refractivity contribution is -0.384. The summed E-state index contributed by atoms with van der Waals surface area (Å²) in [5, 5.41) is 14.9. The predicted octanol–water partition coefficient (Wildman–Crippen LogP) is 3.43. The standard InChI is InChI=1S/C15H11Cl2N3O4/c16-11-2-4-12(5-3-11)24-9-15(21)19-18-8-10-1-6-14(20(22)23)13(17)7-10/h1-8H,9H2,(H,19,21). The Kier molecular flexibility index (Phi) is 6.11. The Balaban J connectivity index is 1.84. The van der Waals surface area contributed by atoms with Crippen molar-refractivity contribution in [3.8, 4) is 5.75 Å². The van der Waals surface area contributed by atoms with Crippen molar-refractivity contribution in [2.24, 2.45) is 5.10 Å². The Labute approximate surface area is 147 Å². The second-order valence-electron chi connectivity index (χ2n) is 4.50. The second-order valence-corrected chi connectivity index (χ2v) is 5.35. The molecule has 0 spiro atoms. The van der Waals surface area contributed by atoms with Gasteiger partial charge in [0.05, 0.1) is 11.1 Å². The average molecular weight is 368 g/mol. The number of hydrogen-bond donors (Lipinski definition) is 1. The van der Waals surface area contributed by atoms with E-state index in [9.17, 15) is 14.9 Å². The number of hydrazone groups is 1. The zero-order valence-corrected chi connectivity index (χ0v) is 13.6. The molecule has 0 radical (unpaired) electrons. The molecule has 9 heteroatoms. The summed E-state index contributed by atoms with van der Waals surface area (Å²) in [6.07, 6.45) is 1.32. The number of carbonyl (C=O) groups excluding carboxylic acids is 1. The Morgan fingerprint density at radius 2 is 1.96 bits per heavy atom. The normalized spacial score (nSPS) is 10.6. The molecule has 7 nitrogen and oxygen atoms in total. The van der Waals surface area contributed by atoms with Gasteiger partial charge in [0.1, 0.15) is 10.8 Å². The molecule has 24 heavy (non-hydrogen) atoms. The summed E-state index contributed by atoms with van der Waals surface area (Å²) >= 11 is 11.5. The maximum Gasteiger partial charge on any atom is 0.287 e. The van der Waals surface area contributed by atoms with Gasteiger partial charge in [0.2, 0.25) is 0 Å². The van der Waals surface area contributed by atoms with Gasteiger partial charge in [-0.25, -0.2) is 5.43 Å². The maximum absolute atomic E-state index is 11.6. The summed E-state index contributed by atoms with van der Waals surface area (Å²) < 4.78 is 5.25. The number of nitro groups is 1. The van der Waals surface area contributed by atoms with Gasteiger partial charge in [-0.3, -0.25) is 14.9 Å². The van der Waals surface area contributed by atoms with Crippen LogP contribution in [0.5, 0.6) is 5.75 Å². The highest BCUT2D eigenvalue weighted by Crippen LogP contribution is 2.24. The first-order valence-electron chi connectivity index (χ1n) is 6.60. The molecule has 0 aliphatic carbocycles. The van der Waals surface area contributed by atoms with Crippen LogP contribution in [0.25, 0.3) is 0 Å². The topological polar surface area (TPSA) is 93.8 Å². The number of nitrogens with one attached hydrogen (secondary N) is 1. The molecule has 0 saturated heterocycles. The highest BCUT2D eigenvalue weighted by molar-refractivity contribution is 6.33. The van der Waals surface area contributed by atoms with E-state index in [0.29, 0.717) is 16.3 Å². The molecule has 0 aliphatic heterocycles. The van der Waals surface area contributed by atoms with E-state index in [0.717, 1.165) is 0 Å². The van der Waals surface area contributed by atoms with Crippen molar-refractivity contribution >= 4 is 41.0 Å². The lowest BCUT2D eigenvalue weighted by Gasteiger charge is -2.04. The molecule has 0 fully saturated rings. The number of halogens is 2. The molecule has 0 aliphatic rings. The molecule has 1 amide bonds. The number of carbonyl (C=O) groups is 1. The van der Waals surface area contributed by atoms with E-state index in [1.54, 1.807) is 24.3 Å². The van der Waals surface area contributed by atoms with E-state index in [1.165, 1.54) is 24.4 Å². The van der Waals surface area contributed by atoms with Crippen LogP contribution in [0.3, 0.4) is 0 Å². The van der Waals surface area contributed by atoms with Gasteiger partial charge >= 0.3 is 0 Å². The van der Waals surface area contributed by atoms with Crippen LogP contribution < -0.4 is 10.2 Å². The van der Waals surface area contributed by atoms with Crippen LogP contribution in [-0.4, -0.2) is 23.7 Å². The van der Waals surface area contributed by atoms with Crippen molar-refractivity contribution in [1.82, 2.24) is 5.43 Å². The van der Waals surface area contributed by atoms with Crippen LogP contribution in [0.2, 0.25) is 10.0 Å². The molecule has 0 aromatic heterocycles. The number of benzene rings is 2. The van der Waals surface area contributed by atoms with Gasteiger partial charge in [0.15, 0.2) is 6.61 Å². The maximum atomic E-state index is 11.6. The molecule has 0 atom stereocenters. The van der Waals surface area contributed by atoms with Crippen LogP contribution in [0.4, 0.5) is 5.69 Å². The van der Waals surface area contributed by atoms with Crippen molar-refractivity contribution < 1.29 is 14.5 Å². The van der Waals surface area contributed by atoms with Gasteiger partial charge in [-0.05, 0) is 42.0 Å². The van der Waals surface area contributed by atoms with E-state index < -0.39 is 10.8 Å². The summed E-state index contributed by atoms with van der Waals surface area (Å²) in [7, 11) is 0. The van der Waals surface area contributed by atoms with E-state index in [4.69, 9.17) is 27.9 Å². The number of ether oxygens (including phenoxy) is 1. The highest BCUT2D eigenvalue weighted by Gasteiger charge is 2.11. The Morgan fingerprint density at radius 3 is 2.58 bits per heavy atom. The minimum atomic E-state index is -0.584. The van der Waals surface area contributed by atoms with Crippen LogP contribution in [-0.2, 0) is 4.79 Å². The van der Waals surface area contributed by atoms with Crippen LogP contribution in [0, 0.1) is 10.1 Å². The summed E-state index contributed by atoms with van der Waals surface area (Å²) in [4.78, 5) is 21.7. The SMILES string of the molecule is O=C(COc1ccc(Cl)cc1)NN=Cc1ccc([N+](=O)[O-])c(Cl)c1. The summed E-state index contributed by atoms with van der Waals surface area (Å²) in [5.74, 6) is 0.0369. The van der Waals surface area contributed by atoms with Crippen LogP contribution in [0.1, 0.15) is 5.56 Å². The van der Waals surface area contributed by atoms with Gasteiger partial charge in [-0.2, -0.15) is 5.10 Å². The fraction of sp³-hybridized carbons (Fsp3) is 0.0667. The molecule has 0 unspecified atom stereocenters. The number of hydrogen-bond acceptors (Lipinski definition) is 5. The van der Waals surface area contributed by atoms with Gasteiger partial charge in [0, 0.05) is 11.1 Å². The molecular weight excluding hydrogens is 357 g/mol. The van der Waals surface area contributed by atoms with E-state index in [2.05, 4.69) is 10.5 Å². The average Bonchev–Trinajstić information content (AvgIpc) is 2.54. The molecule has 1 N–H and O–H groups in total. The van der Waals surface area contributed by atoms with Crippen LogP contribution in [0.15, 0.2) is 47.6 Å². The number of amides is 1. The minimum absolute atomic E-state index is 0.0126. The third-order valence-electron chi connectivity index (χ3n) is 2.75.